The van der Waals surface area contributed by atoms with Crippen molar-refractivity contribution >= 4 is 12.1 Å². The number of nitrogens with zero attached hydrogens (tertiary/aromatic N) is 3. The molecule has 1 aliphatic rings. The molecule has 0 unspecified atom stereocenters. The van der Waals surface area contributed by atoms with E-state index in [-0.39, 0.29) is 5.88 Å². The Hall–Kier alpha value is -1.89. The molecule has 1 fully saturated rings. The summed E-state index contributed by atoms with van der Waals surface area (Å²) in [7, 11) is 2.15. The lowest BCUT2D eigenvalue weighted by atomic mass is 10.4. The van der Waals surface area contributed by atoms with Crippen LogP contribution in [0.25, 0.3) is 0 Å². The summed E-state index contributed by atoms with van der Waals surface area (Å²) >= 11 is 0. The van der Waals surface area contributed by atoms with Crippen LogP contribution in [0.1, 0.15) is 5.76 Å². The minimum atomic E-state index is -0.559. The van der Waals surface area contributed by atoms with Gasteiger partial charge in [-0.2, -0.15) is 5.10 Å². The molecule has 1 N–H and O–H groups in total. The molecule has 1 aliphatic heterocycles. The van der Waals surface area contributed by atoms with Gasteiger partial charge in [-0.25, -0.2) is 0 Å². The third kappa shape index (κ3) is 3.04. The van der Waals surface area contributed by atoms with Gasteiger partial charge in [0.25, 0.3) is 0 Å². The van der Waals surface area contributed by atoms with Crippen molar-refractivity contribution in [3.63, 3.8) is 0 Å². The van der Waals surface area contributed by atoms with Crippen molar-refractivity contribution in [2.45, 2.75) is 0 Å². The first kappa shape index (κ1) is 11.6. The molecule has 0 radical (unpaired) electrons. The molecule has 2 rings (SSSR count). The van der Waals surface area contributed by atoms with Gasteiger partial charge in [-0.3, -0.25) is 15.1 Å². The van der Waals surface area contributed by atoms with Crippen LogP contribution in [0.3, 0.4) is 0 Å². The summed E-state index contributed by atoms with van der Waals surface area (Å²) < 4.78 is 4.98. The van der Waals surface area contributed by atoms with Crippen LogP contribution in [-0.2, 0) is 0 Å². The van der Waals surface area contributed by atoms with E-state index < -0.39 is 4.92 Å². The second kappa shape index (κ2) is 4.96. The van der Waals surface area contributed by atoms with E-state index in [0.717, 1.165) is 26.2 Å². The van der Waals surface area contributed by atoms with Crippen LogP contribution in [0, 0.1) is 10.1 Å². The second-order valence-corrected chi connectivity index (χ2v) is 4.09. The standard InChI is InChI=1S/C10H14N4O3/c1-12-4-6-13(7-5-12)11-8-9-2-3-10(17-9)14(15)16/h2-3,8H,4-7H2,1H3/p+1/b11-8-. The van der Waals surface area contributed by atoms with Gasteiger partial charge in [-0.1, -0.05) is 0 Å². The zero-order chi connectivity index (χ0) is 12.3. The van der Waals surface area contributed by atoms with Crippen molar-refractivity contribution in [1.82, 2.24) is 5.01 Å². The topological polar surface area (TPSA) is 76.3 Å². The molecule has 1 aromatic rings. The van der Waals surface area contributed by atoms with Gasteiger partial charge in [0, 0.05) is 0 Å². The lowest BCUT2D eigenvalue weighted by Gasteiger charge is -2.27. The smallest absolute Gasteiger partial charge is 0.400 e. The Bertz CT molecular complexity index is 421. The van der Waals surface area contributed by atoms with Crippen molar-refractivity contribution < 1.29 is 14.2 Å². The zero-order valence-corrected chi connectivity index (χ0v) is 9.63. The fourth-order valence-corrected chi connectivity index (χ4v) is 1.64. The van der Waals surface area contributed by atoms with E-state index in [1.165, 1.54) is 17.2 Å². The SMILES string of the molecule is C[NH+]1CCN(/N=C\c2ccc([N+](=O)[O-])o2)CC1. The van der Waals surface area contributed by atoms with Crippen LogP contribution in [0.2, 0.25) is 0 Å². The minimum absolute atomic E-state index is 0.255. The second-order valence-electron chi connectivity index (χ2n) is 4.09. The summed E-state index contributed by atoms with van der Waals surface area (Å²) in [5, 5.41) is 16.6. The summed E-state index contributed by atoms with van der Waals surface area (Å²) in [5.74, 6) is 0.150. The van der Waals surface area contributed by atoms with E-state index in [1.54, 1.807) is 6.07 Å². The molecular weight excluding hydrogens is 224 g/mol. The van der Waals surface area contributed by atoms with E-state index in [4.69, 9.17) is 4.42 Å². The number of furan rings is 1. The van der Waals surface area contributed by atoms with Gasteiger partial charge in [0.2, 0.25) is 0 Å². The number of piperazine rings is 1. The average Bonchev–Trinajstić information content (AvgIpc) is 2.77. The molecule has 2 heterocycles. The highest BCUT2D eigenvalue weighted by Gasteiger charge is 2.15. The van der Waals surface area contributed by atoms with Gasteiger partial charge in [0.05, 0.1) is 45.5 Å². The monoisotopic (exact) mass is 239 g/mol. The molecule has 7 heteroatoms. The quantitative estimate of drug-likeness (QED) is 0.432. The van der Waals surface area contributed by atoms with Gasteiger partial charge in [-0.05, 0) is 6.07 Å². The van der Waals surface area contributed by atoms with E-state index in [0.29, 0.717) is 5.76 Å². The summed E-state index contributed by atoms with van der Waals surface area (Å²) in [6, 6.07) is 2.87. The molecular formula is C10H15N4O3+. The number of quaternary nitrogens is 1. The molecule has 0 spiro atoms. The predicted octanol–water partition coefficient (Wildman–Crippen LogP) is -0.648. The number of rotatable bonds is 3. The molecule has 0 atom stereocenters. The van der Waals surface area contributed by atoms with E-state index in [1.807, 2.05) is 5.01 Å². The van der Waals surface area contributed by atoms with Gasteiger partial charge >= 0.3 is 5.88 Å². The number of hydrogen-bond donors (Lipinski definition) is 1. The third-order valence-electron chi connectivity index (χ3n) is 2.73. The number of nitro groups is 1. The Kier molecular flexibility index (Phi) is 3.38. The predicted molar refractivity (Wildman–Crippen MR) is 61.2 cm³/mol. The Labute approximate surface area is 98.4 Å². The van der Waals surface area contributed by atoms with Crippen molar-refractivity contribution in [1.29, 1.82) is 0 Å². The Morgan fingerprint density at radius 2 is 2.24 bits per heavy atom. The normalized spacial score (nSPS) is 17.8. The number of hydrogen-bond acceptors (Lipinski definition) is 5. The average molecular weight is 239 g/mol. The first-order chi connectivity index (χ1) is 8.15. The highest BCUT2D eigenvalue weighted by molar-refractivity contribution is 5.75. The maximum absolute atomic E-state index is 10.4. The summed E-state index contributed by atoms with van der Waals surface area (Å²) in [5.41, 5.74) is 0. The van der Waals surface area contributed by atoms with Crippen LogP contribution in [0.4, 0.5) is 5.88 Å². The lowest BCUT2D eigenvalue weighted by Crippen LogP contribution is -3.11. The molecule has 0 amide bonds. The van der Waals surface area contributed by atoms with Crippen LogP contribution in [-0.4, -0.2) is 49.4 Å². The van der Waals surface area contributed by atoms with E-state index >= 15 is 0 Å². The molecule has 92 valence electrons. The molecule has 1 aromatic heterocycles. The molecule has 7 nitrogen and oxygen atoms in total. The van der Waals surface area contributed by atoms with Gasteiger partial charge < -0.3 is 9.32 Å². The van der Waals surface area contributed by atoms with Crippen molar-refractivity contribution in [3.8, 4) is 0 Å². The van der Waals surface area contributed by atoms with Gasteiger partial charge in [0.15, 0.2) is 5.76 Å². The Morgan fingerprint density at radius 1 is 1.53 bits per heavy atom. The molecule has 0 saturated carbocycles. The van der Waals surface area contributed by atoms with Gasteiger partial charge in [-0.15, -0.1) is 0 Å². The molecule has 1 saturated heterocycles. The Morgan fingerprint density at radius 3 is 2.82 bits per heavy atom. The van der Waals surface area contributed by atoms with Crippen LogP contribution in [0.15, 0.2) is 21.7 Å². The first-order valence-electron chi connectivity index (χ1n) is 5.49. The highest BCUT2D eigenvalue weighted by Crippen LogP contribution is 2.13. The molecule has 17 heavy (non-hydrogen) atoms. The molecule has 0 bridgehead atoms. The van der Waals surface area contributed by atoms with Crippen molar-refractivity contribution in [2.75, 3.05) is 33.2 Å². The van der Waals surface area contributed by atoms with Gasteiger partial charge in [0.1, 0.15) is 4.92 Å². The largest absolute Gasteiger partial charge is 0.433 e. The number of hydrazone groups is 1. The summed E-state index contributed by atoms with van der Waals surface area (Å²) in [4.78, 5) is 11.3. The molecule has 0 aliphatic carbocycles. The van der Waals surface area contributed by atoms with Crippen LogP contribution < -0.4 is 4.90 Å². The van der Waals surface area contributed by atoms with Crippen LogP contribution >= 0.6 is 0 Å². The van der Waals surface area contributed by atoms with E-state index in [2.05, 4.69) is 12.1 Å². The lowest BCUT2D eigenvalue weighted by molar-refractivity contribution is -0.884. The molecule has 0 aromatic carbocycles. The Balaban J connectivity index is 1.93. The maximum atomic E-state index is 10.4. The minimum Gasteiger partial charge on any atom is -0.400 e. The zero-order valence-electron chi connectivity index (χ0n) is 9.63. The van der Waals surface area contributed by atoms with Crippen LogP contribution in [0.5, 0.6) is 0 Å². The van der Waals surface area contributed by atoms with E-state index in [9.17, 15) is 10.1 Å². The number of nitrogens with one attached hydrogen (secondary N) is 1. The fourth-order valence-electron chi connectivity index (χ4n) is 1.64. The summed E-state index contributed by atoms with van der Waals surface area (Å²) in [6.07, 6.45) is 1.52. The summed E-state index contributed by atoms with van der Waals surface area (Å²) in [6.45, 7) is 3.89. The maximum Gasteiger partial charge on any atom is 0.433 e. The number of likely N-dealkylation sites (N-methyl/N-ethyl adjacent to an activating group) is 1. The third-order valence-corrected chi connectivity index (χ3v) is 2.73. The van der Waals surface area contributed by atoms with Crippen molar-refractivity contribution in [2.24, 2.45) is 5.10 Å². The highest BCUT2D eigenvalue weighted by atomic mass is 16.6. The first-order valence-corrected chi connectivity index (χ1v) is 5.49. The van der Waals surface area contributed by atoms with Crippen molar-refractivity contribution in [3.05, 3.63) is 28.0 Å². The fraction of sp³-hybridized carbons (Fsp3) is 0.500.